The van der Waals surface area contributed by atoms with E-state index in [9.17, 15) is 5.11 Å². The van der Waals surface area contributed by atoms with E-state index in [1.54, 1.807) is 13.4 Å². The second kappa shape index (κ2) is 6.68. The molecule has 130 valence electrons. The van der Waals surface area contributed by atoms with Gasteiger partial charge in [-0.25, -0.2) is 9.97 Å². The third-order valence-corrected chi connectivity index (χ3v) is 4.73. The SMILES string of the molecule is COc1ccc(-c2nc(N3CCCCC3CO)nc3[nH]cnc23)cc1. The molecule has 1 saturated heterocycles. The Bertz CT molecular complexity index is 862. The van der Waals surface area contributed by atoms with Gasteiger partial charge in [0.05, 0.1) is 26.1 Å². The summed E-state index contributed by atoms with van der Waals surface area (Å²) in [6.45, 7) is 0.967. The molecule has 0 amide bonds. The standard InChI is InChI=1S/C18H21N5O2/c1-25-14-7-5-12(6-8-14)15-16-17(20-11-19-16)22-18(21-15)23-9-3-2-4-13(23)10-24/h5-8,11,13,24H,2-4,9-10H2,1H3,(H,19,20,21,22). The molecule has 0 radical (unpaired) electrons. The Kier molecular flexibility index (Phi) is 4.23. The van der Waals surface area contributed by atoms with E-state index in [1.165, 1.54) is 0 Å². The zero-order valence-corrected chi connectivity index (χ0v) is 14.1. The monoisotopic (exact) mass is 339 g/mol. The number of hydrogen-bond donors (Lipinski definition) is 2. The van der Waals surface area contributed by atoms with Gasteiger partial charge >= 0.3 is 0 Å². The van der Waals surface area contributed by atoms with Crippen LogP contribution in [0, 0.1) is 0 Å². The molecule has 4 rings (SSSR count). The third kappa shape index (κ3) is 2.91. The number of aliphatic hydroxyl groups excluding tert-OH is 1. The third-order valence-electron chi connectivity index (χ3n) is 4.73. The summed E-state index contributed by atoms with van der Waals surface area (Å²) in [5, 5.41) is 9.71. The largest absolute Gasteiger partial charge is 0.497 e. The zero-order valence-electron chi connectivity index (χ0n) is 14.1. The number of ether oxygens (including phenoxy) is 1. The normalized spacial score (nSPS) is 17.8. The summed E-state index contributed by atoms with van der Waals surface area (Å²) >= 11 is 0. The van der Waals surface area contributed by atoms with Gasteiger partial charge in [0.1, 0.15) is 17.0 Å². The van der Waals surface area contributed by atoms with Gasteiger partial charge < -0.3 is 19.7 Å². The van der Waals surface area contributed by atoms with E-state index < -0.39 is 0 Å². The Balaban J connectivity index is 1.81. The van der Waals surface area contributed by atoms with Gasteiger partial charge in [-0.05, 0) is 43.5 Å². The molecule has 1 fully saturated rings. The number of anilines is 1. The number of aliphatic hydroxyl groups is 1. The van der Waals surface area contributed by atoms with Crippen molar-refractivity contribution in [3.8, 4) is 17.0 Å². The van der Waals surface area contributed by atoms with E-state index in [-0.39, 0.29) is 12.6 Å². The second-order valence-electron chi connectivity index (χ2n) is 6.23. The molecule has 0 spiro atoms. The highest BCUT2D eigenvalue weighted by Crippen LogP contribution is 2.29. The van der Waals surface area contributed by atoms with Crippen molar-refractivity contribution in [2.24, 2.45) is 0 Å². The van der Waals surface area contributed by atoms with Crippen LogP contribution in [0.3, 0.4) is 0 Å². The molecule has 1 aliphatic heterocycles. The summed E-state index contributed by atoms with van der Waals surface area (Å²) in [5.41, 5.74) is 3.19. The number of fused-ring (bicyclic) bond motifs is 1. The van der Waals surface area contributed by atoms with Crippen molar-refractivity contribution < 1.29 is 9.84 Å². The number of H-pyrrole nitrogens is 1. The van der Waals surface area contributed by atoms with E-state index in [2.05, 4.69) is 19.9 Å². The molecule has 3 aromatic rings. The molecule has 1 aliphatic rings. The number of piperidine rings is 1. The van der Waals surface area contributed by atoms with E-state index in [1.807, 2.05) is 24.3 Å². The van der Waals surface area contributed by atoms with Crippen LogP contribution in [0.4, 0.5) is 5.95 Å². The van der Waals surface area contributed by atoms with Gasteiger partial charge in [-0.15, -0.1) is 0 Å². The van der Waals surface area contributed by atoms with Crippen LogP contribution in [0.25, 0.3) is 22.4 Å². The van der Waals surface area contributed by atoms with Crippen LogP contribution in [-0.4, -0.2) is 51.3 Å². The van der Waals surface area contributed by atoms with E-state index in [0.29, 0.717) is 11.6 Å². The maximum absolute atomic E-state index is 9.71. The lowest BCUT2D eigenvalue weighted by molar-refractivity contribution is 0.239. The number of aromatic nitrogens is 4. The lowest BCUT2D eigenvalue weighted by Crippen LogP contribution is -2.43. The fourth-order valence-electron chi connectivity index (χ4n) is 3.36. The summed E-state index contributed by atoms with van der Waals surface area (Å²) < 4.78 is 5.23. The summed E-state index contributed by atoms with van der Waals surface area (Å²) in [4.78, 5) is 19.0. The van der Waals surface area contributed by atoms with Gasteiger partial charge in [0.25, 0.3) is 0 Å². The van der Waals surface area contributed by atoms with E-state index in [0.717, 1.165) is 48.3 Å². The quantitative estimate of drug-likeness (QED) is 0.759. The Hall–Kier alpha value is -2.67. The highest BCUT2D eigenvalue weighted by molar-refractivity contribution is 5.88. The van der Waals surface area contributed by atoms with Gasteiger partial charge in [0, 0.05) is 12.1 Å². The van der Waals surface area contributed by atoms with Crippen molar-refractivity contribution in [3.63, 3.8) is 0 Å². The summed E-state index contributed by atoms with van der Waals surface area (Å²) in [6, 6.07) is 7.83. The van der Waals surface area contributed by atoms with Crippen molar-refractivity contribution in [2.75, 3.05) is 25.2 Å². The van der Waals surface area contributed by atoms with E-state index >= 15 is 0 Å². The Morgan fingerprint density at radius 2 is 2.08 bits per heavy atom. The molecule has 3 heterocycles. The number of nitrogens with zero attached hydrogens (tertiary/aromatic N) is 4. The summed E-state index contributed by atoms with van der Waals surface area (Å²) in [6.07, 6.45) is 4.80. The Morgan fingerprint density at radius 3 is 2.84 bits per heavy atom. The van der Waals surface area contributed by atoms with E-state index in [4.69, 9.17) is 9.72 Å². The van der Waals surface area contributed by atoms with Crippen molar-refractivity contribution in [1.82, 2.24) is 19.9 Å². The maximum atomic E-state index is 9.71. The molecule has 0 aliphatic carbocycles. The van der Waals surface area contributed by atoms with Gasteiger partial charge in [-0.1, -0.05) is 0 Å². The van der Waals surface area contributed by atoms with Crippen molar-refractivity contribution >= 4 is 17.1 Å². The topological polar surface area (TPSA) is 87.2 Å². The molecule has 7 heteroatoms. The average Bonchev–Trinajstić information content (AvgIpc) is 3.16. The molecule has 1 aromatic carbocycles. The molecule has 7 nitrogen and oxygen atoms in total. The minimum absolute atomic E-state index is 0.0674. The predicted octanol–water partition coefficient (Wildman–Crippen LogP) is 2.38. The molecule has 0 saturated carbocycles. The van der Waals surface area contributed by atoms with Gasteiger partial charge in [0.2, 0.25) is 5.95 Å². The predicted molar refractivity (Wildman–Crippen MR) is 95.7 cm³/mol. The molecular formula is C18H21N5O2. The first-order valence-corrected chi connectivity index (χ1v) is 8.53. The fourth-order valence-corrected chi connectivity index (χ4v) is 3.36. The number of rotatable bonds is 4. The molecular weight excluding hydrogens is 318 g/mol. The molecule has 1 atom stereocenters. The fraction of sp³-hybridized carbons (Fsp3) is 0.389. The summed E-state index contributed by atoms with van der Waals surface area (Å²) in [5.74, 6) is 1.44. The second-order valence-corrected chi connectivity index (χ2v) is 6.23. The average molecular weight is 339 g/mol. The first-order valence-electron chi connectivity index (χ1n) is 8.53. The minimum Gasteiger partial charge on any atom is -0.497 e. The lowest BCUT2D eigenvalue weighted by Gasteiger charge is -2.34. The Labute approximate surface area is 145 Å². The van der Waals surface area contributed by atoms with Crippen molar-refractivity contribution in [1.29, 1.82) is 0 Å². The van der Waals surface area contributed by atoms with Crippen LogP contribution in [0.15, 0.2) is 30.6 Å². The number of aromatic amines is 1. The molecule has 25 heavy (non-hydrogen) atoms. The smallest absolute Gasteiger partial charge is 0.228 e. The van der Waals surface area contributed by atoms with Gasteiger partial charge in [0.15, 0.2) is 5.65 Å². The highest BCUT2D eigenvalue weighted by atomic mass is 16.5. The van der Waals surface area contributed by atoms with Crippen LogP contribution < -0.4 is 9.64 Å². The first-order chi connectivity index (χ1) is 12.3. The number of nitrogens with one attached hydrogen (secondary N) is 1. The lowest BCUT2D eigenvalue weighted by atomic mass is 10.0. The van der Waals surface area contributed by atoms with Crippen LogP contribution in [0.1, 0.15) is 19.3 Å². The Morgan fingerprint density at radius 1 is 1.24 bits per heavy atom. The molecule has 0 bridgehead atoms. The highest BCUT2D eigenvalue weighted by Gasteiger charge is 2.25. The van der Waals surface area contributed by atoms with Crippen LogP contribution in [0.2, 0.25) is 0 Å². The first kappa shape index (κ1) is 15.8. The van der Waals surface area contributed by atoms with Crippen molar-refractivity contribution in [3.05, 3.63) is 30.6 Å². The number of imidazole rings is 1. The minimum atomic E-state index is 0.0674. The number of benzene rings is 1. The van der Waals surface area contributed by atoms with Crippen LogP contribution in [0.5, 0.6) is 5.75 Å². The number of methoxy groups -OCH3 is 1. The summed E-state index contributed by atoms with van der Waals surface area (Å²) in [7, 11) is 1.65. The van der Waals surface area contributed by atoms with Gasteiger partial charge in [-0.3, -0.25) is 0 Å². The van der Waals surface area contributed by atoms with Crippen LogP contribution >= 0.6 is 0 Å². The molecule has 2 aromatic heterocycles. The van der Waals surface area contributed by atoms with Gasteiger partial charge in [-0.2, -0.15) is 4.98 Å². The zero-order chi connectivity index (χ0) is 17.2. The van der Waals surface area contributed by atoms with Crippen LogP contribution in [-0.2, 0) is 0 Å². The maximum Gasteiger partial charge on any atom is 0.228 e. The van der Waals surface area contributed by atoms with Crippen molar-refractivity contribution in [2.45, 2.75) is 25.3 Å². The molecule has 1 unspecified atom stereocenters. The molecule has 2 N–H and O–H groups in total. The number of hydrogen-bond acceptors (Lipinski definition) is 6.